The van der Waals surface area contributed by atoms with Gasteiger partial charge in [0.2, 0.25) is 0 Å². The number of nitrogens with zero attached hydrogens (tertiary/aromatic N) is 2. The van der Waals surface area contributed by atoms with Crippen LogP contribution in [0.5, 0.6) is 0 Å². The second kappa shape index (κ2) is 6.85. The van der Waals surface area contributed by atoms with Gasteiger partial charge in [-0.15, -0.1) is 0 Å². The molecule has 0 fully saturated rings. The lowest BCUT2D eigenvalue weighted by Gasteiger charge is -2.19. The molecule has 1 aromatic heterocycles. The van der Waals surface area contributed by atoms with E-state index in [1.54, 1.807) is 12.4 Å². The number of halogens is 2. The quantitative estimate of drug-likeness (QED) is 0.914. The number of benzene rings is 1. The van der Waals surface area contributed by atoms with Gasteiger partial charge in [0.1, 0.15) is 0 Å². The fraction of sp³-hybridized carbons (Fsp3) is 0.286. The first-order chi connectivity index (χ1) is 9.22. The highest BCUT2D eigenvalue weighted by Gasteiger charge is 2.15. The Morgan fingerprint density at radius 1 is 1.16 bits per heavy atom. The summed E-state index contributed by atoms with van der Waals surface area (Å²) in [6.07, 6.45) is 4.17. The zero-order chi connectivity index (χ0) is 13.7. The van der Waals surface area contributed by atoms with E-state index >= 15 is 0 Å². The standard InChI is InChI=1S/C14H15Cl2N3/c1-2-17-14(10-6-7-18-19-9-10)8-11-12(15)4-3-5-13(11)16/h3-7,9,14,17H,2,8H2,1H3. The zero-order valence-electron chi connectivity index (χ0n) is 10.6. The largest absolute Gasteiger partial charge is 0.310 e. The zero-order valence-corrected chi connectivity index (χ0v) is 12.1. The van der Waals surface area contributed by atoms with Crippen LogP contribution in [0.1, 0.15) is 24.1 Å². The summed E-state index contributed by atoms with van der Waals surface area (Å²) < 4.78 is 0. The van der Waals surface area contributed by atoms with E-state index in [-0.39, 0.29) is 6.04 Å². The van der Waals surface area contributed by atoms with Gasteiger partial charge in [0, 0.05) is 22.3 Å². The maximum absolute atomic E-state index is 6.22. The Kier molecular flexibility index (Phi) is 5.14. The Labute approximate surface area is 123 Å². The number of likely N-dealkylation sites (N-methyl/N-ethyl adjacent to an activating group) is 1. The lowest BCUT2D eigenvalue weighted by Crippen LogP contribution is -2.23. The summed E-state index contributed by atoms with van der Waals surface area (Å²) in [6, 6.07) is 7.64. The van der Waals surface area contributed by atoms with E-state index in [4.69, 9.17) is 23.2 Å². The second-order valence-electron chi connectivity index (χ2n) is 4.19. The summed E-state index contributed by atoms with van der Waals surface area (Å²) >= 11 is 12.4. The van der Waals surface area contributed by atoms with Gasteiger partial charge in [-0.3, -0.25) is 0 Å². The first-order valence-corrected chi connectivity index (χ1v) is 6.90. The topological polar surface area (TPSA) is 37.8 Å². The van der Waals surface area contributed by atoms with Crippen LogP contribution in [0.3, 0.4) is 0 Å². The third-order valence-corrected chi connectivity index (χ3v) is 3.64. The maximum Gasteiger partial charge on any atom is 0.0544 e. The maximum atomic E-state index is 6.22. The highest BCUT2D eigenvalue weighted by molar-refractivity contribution is 6.36. The van der Waals surface area contributed by atoms with Gasteiger partial charge in [0.25, 0.3) is 0 Å². The molecule has 100 valence electrons. The molecule has 1 N–H and O–H groups in total. The number of hydrogen-bond donors (Lipinski definition) is 1. The molecule has 2 aromatic rings. The Bertz CT molecular complexity index is 511. The van der Waals surface area contributed by atoms with Gasteiger partial charge in [-0.05, 0) is 42.3 Å². The summed E-state index contributed by atoms with van der Waals surface area (Å²) in [5.41, 5.74) is 2.03. The van der Waals surface area contributed by atoms with Gasteiger partial charge in [-0.1, -0.05) is 36.2 Å². The molecule has 1 atom stereocenters. The van der Waals surface area contributed by atoms with Crippen LogP contribution in [-0.4, -0.2) is 16.7 Å². The van der Waals surface area contributed by atoms with E-state index in [1.165, 1.54) is 0 Å². The van der Waals surface area contributed by atoms with Crippen LogP contribution < -0.4 is 5.32 Å². The van der Waals surface area contributed by atoms with E-state index in [9.17, 15) is 0 Å². The van der Waals surface area contributed by atoms with Crippen molar-refractivity contribution in [1.82, 2.24) is 15.5 Å². The molecular weight excluding hydrogens is 281 g/mol. The van der Waals surface area contributed by atoms with E-state index < -0.39 is 0 Å². The van der Waals surface area contributed by atoms with Crippen LogP contribution in [0.15, 0.2) is 36.7 Å². The molecule has 0 aliphatic heterocycles. The summed E-state index contributed by atoms with van der Waals surface area (Å²) in [5, 5.41) is 12.5. The molecule has 0 radical (unpaired) electrons. The van der Waals surface area contributed by atoms with Gasteiger partial charge >= 0.3 is 0 Å². The van der Waals surface area contributed by atoms with Gasteiger partial charge in [0.15, 0.2) is 0 Å². The lowest BCUT2D eigenvalue weighted by molar-refractivity contribution is 0.547. The van der Waals surface area contributed by atoms with Crippen LogP contribution in [0.2, 0.25) is 10.0 Å². The predicted molar refractivity (Wildman–Crippen MR) is 78.6 cm³/mol. The Balaban J connectivity index is 2.27. The fourth-order valence-corrected chi connectivity index (χ4v) is 2.54. The van der Waals surface area contributed by atoms with Crippen molar-refractivity contribution in [1.29, 1.82) is 0 Å². The minimum atomic E-state index is 0.123. The first kappa shape index (κ1) is 14.3. The molecular formula is C14H15Cl2N3. The van der Waals surface area contributed by atoms with Crippen molar-refractivity contribution >= 4 is 23.2 Å². The van der Waals surface area contributed by atoms with Gasteiger partial charge in [-0.2, -0.15) is 10.2 Å². The molecule has 2 rings (SSSR count). The molecule has 0 amide bonds. The van der Waals surface area contributed by atoms with Crippen molar-refractivity contribution in [2.45, 2.75) is 19.4 Å². The predicted octanol–water partition coefficient (Wildman–Crippen LogP) is 3.68. The molecule has 0 saturated heterocycles. The number of rotatable bonds is 5. The van der Waals surface area contributed by atoms with Crippen molar-refractivity contribution in [3.05, 3.63) is 57.8 Å². The molecule has 1 aromatic carbocycles. The molecule has 1 heterocycles. The molecule has 5 heteroatoms. The van der Waals surface area contributed by atoms with Gasteiger partial charge < -0.3 is 5.32 Å². The van der Waals surface area contributed by atoms with Crippen molar-refractivity contribution in [3.63, 3.8) is 0 Å². The number of hydrogen-bond acceptors (Lipinski definition) is 3. The van der Waals surface area contributed by atoms with Crippen molar-refractivity contribution in [3.8, 4) is 0 Å². The fourth-order valence-electron chi connectivity index (χ4n) is 1.99. The molecule has 0 aliphatic carbocycles. The molecule has 0 spiro atoms. The highest BCUT2D eigenvalue weighted by Crippen LogP contribution is 2.29. The lowest BCUT2D eigenvalue weighted by atomic mass is 10.0. The molecule has 1 unspecified atom stereocenters. The minimum Gasteiger partial charge on any atom is -0.310 e. The SMILES string of the molecule is CCNC(Cc1c(Cl)cccc1Cl)c1ccnnc1. The number of aromatic nitrogens is 2. The van der Waals surface area contributed by atoms with Crippen molar-refractivity contribution in [2.24, 2.45) is 0 Å². The Hall–Kier alpha value is -1.16. The van der Waals surface area contributed by atoms with Crippen molar-refractivity contribution < 1.29 is 0 Å². The van der Waals surface area contributed by atoms with E-state index in [0.717, 1.165) is 24.1 Å². The van der Waals surface area contributed by atoms with E-state index in [2.05, 4.69) is 22.4 Å². The highest BCUT2D eigenvalue weighted by atomic mass is 35.5. The van der Waals surface area contributed by atoms with E-state index in [0.29, 0.717) is 10.0 Å². The Morgan fingerprint density at radius 3 is 2.47 bits per heavy atom. The summed E-state index contributed by atoms with van der Waals surface area (Å²) in [6.45, 7) is 2.92. The monoisotopic (exact) mass is 295 g/mol. The van der Waals surface area contributed by atoms with E-state index in [1.807, 2.05) is 24.3 Å². The van der Waals surface area contributed by atoms with Crippen LogP contribution >= 0.6 is 23.2 Å². The molecule has 0 bridgehead atoms. The summed E-state index contributed by atoms with van der Waals surface area (Å²) in [5.74, 6) is 0. The van der Waals surface area contributed by atoms with Gasteiger partial charge in [-0.25, -0.2) is 0 Å². The molecule has 0 saturated carbocycles. The van der Waals surface area contributed by atoms with Crippen LogP contribution in [0.25, 0.3) is 0 Å². The van der Waals surface area contributed by atoms with Crippen LogP contribution in [0.4, 0.5) is 0 Å². The molecule has 0 aliphatic rings. The first-order valence-electron chi connectivity index (χ1n) is 6.15. The third kappa shape index (κ3) is 3.66. The van der Waals surface area contributed by atoms with Crippen LogP contribution in [-0.2, 0) is 6.42 Å². The number of nitrogens with one attached hydrogen (secondary N) is 1. The summed E-state index contributed by atoms with van der Waals surface area (Å²) in [7, 11) is 0. The van der Waals surface area contributed by atoms with Crippen LogP contribution in [0, 0.1) is 0 Å². The molecule has 19 heavy (non-hydrogen) atoms. The minimum absolute atomic E-state index is 0.123. The Morgan fingerprint density at radius 2 is 1.89 bits per heavy atom. The molecule has 3 nitrogen and oxygen atoms in total. The second-order valence-corrected chi connectivity index (χ2v) is 5.00. The summed E-state index contributed by atoms with van der Waals surface area (Å²) in [4.78, 5) is 0. The third-order valence-electron chi connectivity index (χ3n) is 2.93. The average Bonchev–Trinajstić information content (AvgIpc) is 2.43. The van der Waals surface area contributed by atoms with Crippen molar-refractivity contribution in [2.75, 3.05) is 6.54 Å². The normalized spacial score (nSPS) is 12.4. The average molecular weight is 296 g/mol. The smallest absolute Gasteiger partial charge is 0.0544 e. The van der Waals surface area contributed by atoms with Gasteiger partial charge in [0.05, 0.1) is 6.20 Å².